The van der Waals surface area contributed by atoms with E-state index in [-0.39, 0.29) is 11.9 Å². The zero-order valence-corrected chi connectivity index (χ0v) is 12.3. The van der Waals surface area contributed by atoms with E-state index in [0.29, 0.717) is 11.6 Å². The normalized spacial score (nSPS) is 15.3. The van der Waals surface area contributed by atoms with Crippen molar-refractivity contribution in [2.45, 2.75) is 0 Å². The Kier molecular flexibility index (Phi) is 3.01. The first-order chi connectivity index (χ1) is 11.2. The Hall–Kier alpha value is -3.28. The Bertz CT molecular complexity index is 915. The molecule has 6 nitrogen and oxygen atoms in total. The van der Waals surface area contributed by atoms with E-state index in [1.165, 1.54) is 0 Å². The summed E-state index contributed by atoms with van der Waals surface area (Å²) in [5.74, 6) is 0.183. The quantitative estimate of drug-likeness (QED) is 0.730. The molecule has 0 saturated heterocycles. The molecule has 1 aromatic heterocycles. The molecule has 3 aromatic rings. The molecule has 0 saturated carbocycles. The largest absolute Gasteiger partial charge is 0.402 e. The van der Waals surface area contributed by atoms with Crippen LogP contribution >= 0.6 is 0 Å². The maximum atomic E-state index is 12.3. The number of nitrogens with zero attached hydrogens (tertiary/aromatic N) is 4. The van der Waals surface area contributed by atoms with Crippen molar-refractivity contribution in [2.75, 3.05) is 11.9 Å². The highest BCUT2D eigenvalue weighted by atomic mass is 16.4. The highest BCUT2D eigenvalue weighted by Gasteiger charge is 2.31. The van der Waals surface area contributed by atoms with Gasteiger partial charge in [0.25, 0.3) is 5.91 Å². The van der Waals surface area contributed by atoms with Gasteiger partial charge in [-0.2, -0.15) is 4.99 Å². The zero-order chi connectivity index (χ0) is 15.8. The Morgan fingerprint density at radius 2 is 1.74 bits per heavy atom. The summed E-state index contributed by atoms with van der Waals surface area (Å²) in [4.78, 5) is 18.2. The summed E-state index contributed by atoms with van der Waals surface area (Å²) in [6.07, 6.45) is 0. The highest BCUT2D eigenvalue weighted by Crippen LogP contribution is 2.29. The minimum absolute atomic E-state index is 0.0670. The molecule has 2 aromatic carbocycles. The molecule has 0 fully saturated rings. The van der Waals surface area contributed by atoms with Crippen LogP contribution in [0.2, 0.25) is 0 Å². The fraction of sp³-hybridized carbons (Fsp3) is 0.0588. The van der Waals surface area contributed by atoms with E-state index < -0.39 is 0 Å². The third-order valence-electron chi connectivity index (χ3n) is 3.67. The second kappa shape index (κ2) is 5.17. The first-order valence-electron chi connectivity index (χ1n) is 7.09. The molecule has 2 heterocycles. The van der Waals surface area contributed by atoms with Gasteiger partial charge in [0.1, 0.15) is 5.71 Å². The van der Waals surface area contributed by atoms with Crippen molar-refractivity contribution in [1.82, 2.24) is 10.2 Å². The number of amides is 1. The van der Waals surface area contributed by atoms with Gasteiger partial charge in [0.2, 0.25) is 5.89 Å². The fourth-order valence-corrected chi connectivity index (χ4v) is 2.51. The van der Waals surface area contributed by atoms with Crippen LogP contribution in [-0.2, 0) is 4.79 Å². The van der Waals surface area contributed by atoms with Crippen LogP contribution in [0, 0.1) is 0 Å². The standard InChI is InChI=1S/C17H12N4O2/c1-21-13-10-6-5-9-12(13)14(16(21)22)18-17-20-19-15(23-17)11-7-3-2-4-8-11/h2-10H,1H3/b18-14+. The first kappa shape index (κ1) is 13.4. The summed E-state index contributed by atoms with van der Waals surface area (Å²) < 4.78 is 5.55. The number of benzene rings is 2. The number of fused-ring (bicyclic) bond motifs is 1. The number of carbonyl (C=O) groups excluding carboxylic acids is 1. The van der Waals surface area contributed by atoms with Crippen LogP contribution < -0.4 is 4.90 Å². The third-order valence-corrected chi connectivity index (χ3v) is 3.67. The van der Waals surface area contributed by atoms with Crippen molar-refractivity contribution < 1.29 is 9.21 Å². The highest BCUT2D eigenvalue weighted by molar-refractivity contribution is 6.54. The van der Waals surface area contributed by atoms with Gasteiger partial charge in [0, 0.05) is 18.2 Å². The second-order valence-corrected chi connectivity index (χ2v) is 5.10. The summed E-state index contributed by atoms with van der Waals surface area (Å²) in [7, 11) is 1.72. The van der Waals surface area contributed by atoms with Gasteiger partial charge >= 0.3 is 6.01 Å². The average molecular weight is 304 g/mol. The lowest BCUT2D eigenvalue weighted by atomic mass is 10.1. The topological polar surface area (TPSA) is 71.6 Å². The molecule has 4 rings (SSSR count). The van der Waals surface area contributed by atoms with Gasteiger partial charge in [0.15, 0.2) is 0 Å². The summed E-state index contributed by atoms with van der Waals surface area (Å²) in [6, 6.07) is 17.0. The van der Waals surface area contributed by atoms with Crippen LogP contribution in [0.15, 0.2) is 64.0 Å². The van der Waals surface area contributed by atoms with E-state index in [0.717, 1.165) is 16.8 Å². The minimum atomic E-state index is -0.189. The van der Waals surface area contributed by atoms with Gasteiger partial charge in [-0.05, 0) is 18.2 Å². The Labute approximate surface area is 132 Å². The maximum absolute atomic E-state index is 12.3. The van der Waals surface area contributed by atoms with Gasteiger partial charge in [-0.3, -0.25) is 4.79 Å². The van der Waals surface area contributed by atoms with Gasteiger partial charge < -0.3 is 9.32 Å². The molecule has 0 spiro atoms. The number of carbonyl (C=O) groups is 1. The fourth-order valence-electron chi connectivity index (χ4n) is 2.51. The number of para-hydroxylation sites is 1. The van der Waals surface area contributed by atoms with Crippen LogP contribution in [0.3, 0.4) is 0 Å². The van der Waals surface area contributed by atoms with Crippen LogP contribution in [-0.4, -0.2) is 28.9 Å². The number of rotatable bonds is 2. The Morgan fingerprint density at radius 1 is 1.00 bits per heavy atom. The molecule has 0 radical (unpaired) electrons. The number of hydrogen-bond donors (Lipinski definition) is 0. The van der Waals surface area contributed by atoms with E-state index in [1.807, 2.05) is 54.6 Å². The molecule has 23 heavy (non-hydrogen) atoms. The number of anilines is 1. The summed E-state index contributed by atoms with van der Waals surface area (Å²) >= 11 is 0. The number of aliphatic imine (C=N–C) groups is 1. The predicted octanol–water partition coefficient (Wildman–Crippen LogP) is 2.83. The van der Waals surface area contributed by atoms with Gasteiger partial charge in [-0.1, -0.05) is 41.5 Å². The lowest BCUT2D eigenvalue weighted by molar-refractivity contribution is -0.111. The summed E-state index contributed by atoms with van der Waals surface area (Å²) in [5, 5.41) is 7.89. The van der Waals surface area contributed by atoms with Gasteiger partial charge in [0.05, 0.1) is 5.69 Å². The van der Waals surface area contributed by atoms with E-state index in [1.54, 1.807) is 11.9 Å². The second-order valence-electron chi connectivity index (χ2n) is 5.10. The van der Waals surface area contributed by atoms with Crippen molar-refractivity contribution >= 4 is 23.3 Å². The smallest absolute Gasteiger partial charge is 0.343 e. The van der Waals surface area contributed by atoms with Crippen LogP contribution in [0.5, 0.6) is 0 Å². The SMILES string of the molecule is CN1C(=O)/C(=N/c2nnc(-c3ccccc3)o2)c2ccccc21. The van der Waals surface area contributed by atoms with E-state index in [9.17, 15) is 4.79 Å². The minimum Gasteiger partial charge on any atom is -0.402 e. The molecule has 0 N–H and O–H groups in total. The molecule has 6 heteroatoms. The molecule has 0 bridgehead atoms. The predicted molar refractivity (Wildman–Crippen MR) is 85.8 cm³/mol. The number of aromatic nitrogens is 2. The molecular formula is C17H12N4O2. The van der Waals surface area contributed by atoms with Crippen molar-refractivity contribution in [1.29, 1.82) is 0 Å². The Balaban J connectivity index is 1.74. The van der Waals surface area contributed by atoms with Crippen molar-refractivity contribution in [3.05, 3.63) is 60.2 Å². The first-order valence-corrected chi connectivity index (χ1v) is 7.09. The van der Waals surface area contributed by atoms with Crippen LogP contribution in [0.25, 0.3) is 11.5 Å². The molecule has 0 aliphatic carbocycles. The van der Waals surface area contributed by atoms with Crippen molar-refractivity contribution in [3.63, 3.8) is 0 Å². The van der Waals surface area contributed by atoms with E-state index >= 15 is 0 Å². The summed E-state index contributed by atoms with van der Waals surface area (Å²) in [6.45, 7) is 0. The monoisotopic (exact) mass is 304 g/mol. The van der Waals surface area contributed by atoms with E-state index in [4.69, 9.17) is 4.42 Å². The maximum Gasteiger partial charge on any atom is 0.343 e. The molecule has 1 aliphatic heterocycles. The molecule has 1 aliphatic rings. The van der Waals surface area contributed by atoms with Gasteiger partial charge in [-0.15, -0.1) is 5.10 Å². The molecular weight excluding hydrogens is 292 g/mol. The molecule has 0 atom stereocenters. The van der Waals surface area contributed by atoms with Crippen LogP contribution in [0.4, 0.5) is 11.7 Å². The average Bonchev–Trinajstić information content (AvgIpc) is 3.16. The summed E-state index contributed by atoms with van der Waals surface area (Å²) in [5.41, 5.74) is 2.70. The van der Waals surface area contributed by atoms with Crippen molar-refractivity contribution in [3.8, 4) is 11.5 Å². The number of hydrogen-bond acceptors (Lipinski definition) is 5. The van der Waals surface area contributed by atoms with E-state index in [2.05, 4.69) is 15.2 Å². The van der Waals surface area contributed by atoms with Crippen LogP contribution in [0.1, 0.15) is 5.56 Å². The lowest BCUT2D eigenvalue weighted by Gasteiger charge is -2.07. The molecule has 0 unspecified atom stereocenters. The van der Waals surface area contributed by atoms with Crippen molar-refractivity contribution in [2.24, 2.45) is 4.99 Å². The zero-order valence-electron chi connectivity index (χ0n) is 12.3. The number of likely N-dealkylation sites (N-methyl/N-ethyl adjacent to an activating group) is 1. The molecule has 1 amide bonds. The Morgan fingerprint density at radius 3 is 2.57 bits per heavy atom. The van der Waals surface area contributed by atoms with Gasteiger partial charge in [-0.25, -0.2) is 0 Å². The lowest BCUT2D eigenvalue weighted by Crippen LogP contribution is -2.25. The third kappa shape index (κ3) is 2.20. The molecule has 112 valence electrons.